The van der Waals surface area contributed by atoms with E-state index in [2.05, 4.69) is 22.2 Å². The topological polar surface area (TPSA) is 95.6 Å². The third kappa shape index (κ3) is 6.05. The van der Waals surface area contributed by atoms with Crippen molar-refractivity contribution in [3.63, 3.8) is 0 Å². The highest BCUT2D eigenvalue weighted by atomic mass is 32.2. The van der Waals surface area contributed by atoms with Crippen LogP contribution in [0.1, 0.15) is 18.4 Å². The average Bonchev–Trinajstić information content (AvgIpc) is 2.69. The smallest absolute Gasteiger partial charge is 0.313 e. The SMILES string of the molecule is CS(=O)(=O)Nc1ccccc1NC(=O)C(=O)N1CCC(Cc2ccccc2)CC1. The summed E-state index contributed by atoms with van der Waals surface area (Å²) in [6, 6.07) is 16.6. The normalized spacial score (nSPS) is 15.0. The van der Waals surface area contributed by atoms with Crippen molar-refractivity contribution < 1.29 is 18.0 Å². The summed E-state index contributed by atoms with van der Waals surface area (Å²) in [5.74, 6) is -0.879. The fourth-order valence-corrected chi connectivity index (χ4v) is 4.07. The minimum absolute atomic E-state index is 0.220. The van der Waals surface area contributed by atoms with E-state index in [0.29, 0.717) is 19.0 Å². The Labute approximate surface area is 171 Å². The van der Waals surface area contributed by atoms with E-state index < -0.39 is 21.8 Å². The first kappa shape index (κ1) is 20.9. The number of hydrogen-bond acceptors (Lipinski definition) is 4. The third-order valence-electron chi connectivity index (χ3n) is 4.93. The van der Waals surface area contributed by atoms with E-state index in [1.807, 2.05) is 18.2 Å². The van der Waals surface area contributed by atoms with Crippen molar-refractivity contribution in [3.8, 4) is 0 Å². The molecule has 0 spiro atoms. The van der Waals surface area contributed by atoms with Crippen molar-refractivity contribution in [2.24, 2.45) is 5.92 Å². The molecule has 0 aliphatic carbocycles. The maximum absolute atomic E-state index is 12.5. The summed E-state index contributed by atoms with van der Waals surface area (Å²) in [5, 5.41) is 2.52. The summed E-state index contributed by atoms with van der Waals surface area (Å²) in [6.07, 6.45) is 3.69. The number of anilines is 2. The molecule has 1 aliphatic rings. The first-order chi connectivity index (χ1) is 13.8. The van der Waals surface area contributed by atoms with Crippen LogP contribution in [0.4, 0.5) is 11.4 Å². The molecule has 154 valence electrons. The Morgan fingerprint density at radius 2 is 1.55 bits per heavy atom. The fraction of sp³-hybridized carbons (Fsp3) is 0.333. The minimum Gasteiger partial charge on any atom is -0.334 e. The van der Waals surface area contributed by atoms with Crippen LogP contribution in [0.3, 0.4) is 0 Å². The first-order valence-corrected chi connectivity index (χ1v) is 11.4. The number of benzene rings is 2. The molecule has 7 nitrogen and oxygen atoms in total. The second-order valence-electron chi connectivity index (χ2n) is 7.30. The van der Waals surface area contributed by atoms with Gasteiger partial charge in [-0.25, -0.2) is 8.42 Å². The summed E-state index contributed by atoms with van der Waals surface area (Å²) < 4.78 is 25.3. The van der Waals surface area contributed by atoms with Gasteiger partial charge < -0.3 is 10.2 Å². The van der Waals surface area contributed by atoms with E-state index >= 15 is 0 Å². The van der Waals surface area contributed by atoms with Crippen molar-refractivity contribution in [1.82, 2.24) is 4.90 Å². The van der Waals surface area contributed by atoms with Crippen LogP contribution in [0.2, 0.25) is 0 Å². The van der Waals surface area contributed by atoms with Gasteiger partial charge in [-0.15, -0.1) is 0 Å². The van der Waals surface area contributed by atoms with Gasteiger partial charge in [-0.05, 0) is 42.9 Å². The number of para-hydroxylation sites is 2. The van der Waals surface area contributed by atoms with E-state index in [9.17, 15) is 18.0 Å². The van der Waals surface area contributed by atoms with Crippen molar-refractivity contribution in [3.05, 3.63) is 60.2 Å². The summed E-state index contributed by atoms with van der Waals surface area (Å²) in [6.45, 7) is 1.07. The molecule has 1 heterocycles. The molecule has 2 aromatic carbocycles. The Hall–Kier alpha value is -2.87. The number of piperidine rings is 1. The molecule has 2 N–H and O–H groups in total. The summed E-state index contributed by atoms with van der Waals surface area (Å²) >= 11 is 0. The second-order valence-corrected chi connectivity index (χ2v) is 9.05. The number of amides is 2. The van der Waals surface area contributed by atoms with E-state index in [0.717, 1.165) is 25.5 Å². The number of sulfonamides is 1. The molecule has 1 saturated heterocycles. The minimum atomic E-state index is -3.50. The molecule has 0 unspecified atom stereocenters. The lowest BCUT2D eigenvalue weighted by molar-refractivity contribution is -0.144. The van der Waals surface area contributed by atoms with Crippen LogP contribution >= 0.6 is 0 Å². The lowest BCUT2D eigenvalue weighted by atomic mass is 9.90. The zero-order chi connectivity index (χ0) is 20.9. The maximum Gasteiger partial charge on any atom is 0.313 e. The number of carbonyl (C=O) groups excluding carboxylic acids is 2. The third-order valence-corrected chi connectivity index (χ3v) is 5.52. The van der Waals surface area contributed by atoms with E-state index in [1.165, 1.54) is 11.6 Å². The molecule has 0 radical (unpaired) electrons. The lowest BCUT2D eigenvalue weighted by Gasteiger charge is -2.31. The Balaban J connectivity index is 1.56. The molecule has 3 rings (SSSR count). The lowest BCUT2D eigenvalue weighted by Crippen LogP contribution is -2.44. The maximum atomic E-state index is 12.5. The highest BCUT2D eigenvalue weighted by molar-refractivity contribution is 7.92. The van der Waals surface area contributed by atoms with Crippen LogP contribution in [0.5, 0.6) is 0 Å². The van der Waals surface area contributed by atoms with Gasteiger partial charge in [-0.2, -0.15) is 0 Å². The predicted octanol–water partition coefficient (Wildman–Crippen LogP) is 2.48. The van der Waals surface area contributed by atoms with Crippen LogP contribution < -0.4 is 10.0 Å². The summed E-state index contributed by atoms with van der Waals surface area (Å²) in [5.41, 5.74) is 1.75. The zero-order valence-corrected chi connectivity index (χ0v) is 17.1. The Kier molecular flexibility index (Phi) is 6.53. The molecule has 2 aromatic rings. The average molecular weight is 416 g/mol. The Morgan fingerprint density at radius 3 is 2.17 bits per heavy atom. The molecular formula is C21H25N3O4S. The predicted molar refractivity (Wildman–Crippen MR) is 113 cm³/mol. The molecule has 0 bridgehead atoms. The van der Waals surface area contributed by atoms with Gasteiger partial charge in [0, 0.05) is 13.1 Å². The molecule has 1 fully saturated rings. The summed E-state index contributed by atoms with van der Waals surface area (Å²) in [4.78, 5) is 26.5. The van der Waals surface area contributed by atoms with E-state index in [1.54, 1.807) is 23.1 Å². The van der Waals surface area contributed by atoms with E-state index in [-0.39, 0.29) is 11.4 Å². The largest absolute Gasteiger partial charge is 0.334 e. The van der Waals surface area contributed by atoms with Gasteiger partial charge in [0.2, 0.25) is 10.0 Å². The number of carbonyl (C=O) groups is 2. The van der Waals surface area contributed by atoms with Crippen molar-refractivity contribution >= 4 is 33.2 Å². The van der Waals surface area contributed by atoms with Crippen LogP contribution in [-0.4, -0.2) is 44.5 Å². The van der Waals surface area contributed by atoms with Gasteiger partial charge in [-0.3, -0.25) is 14.3 Å². The van der Waals surface area contributed by atoms with Crippen LogP contribution in [0.15, 0.2) is 54.6 Å². The van der Waals surface area contributed by atoms with Crippen LogP contribution in [-0.2, 0) is 26.0 Å². The number of likely N-dealkylation sites (tertiary alicyclic amines) is 1. The van der Waals surface area contributed by atoms with Gasteiger partial charge >= 0.3 is 11.8 Å². The van der Waals surface area contributed by atoms with Gasteiger partial charge in [-0.1, -0.05) is 42.5 Å². The highest BCUT2D eigenvalue weighted by Crippen LogP contribution is 2.24. The second kappa shape index (κ2) is 9.09. The molecule has 0 saturated carbocycles. The van der Waals surface area contributed by atoms with Crippen LogP contribution in [0.25, 0.3) is 0 Å². The van der Waals surface area contributed by atoms with E-state index in [4.69, 9.17) is 0 Å². The molecule has 0 aromatic heterocycles. The first-order valence-electron chi connectivity index (χ1n) is 9.53. The number of nitrogens with one attached hydrogen (secondary N) is 2. The van der Waals surface area contributed by atoms with Gasteiger partial charge in [0.1, 0.15) is 0 Å². The standard InChI is InChI=1S/C21H25N3O4S/c1-29(27,28)23-19-10-6-5-9-18(19)22-20(25)21(26)24-13-11-17(12-14-24)15-16-7-3-2-4-8-16/h2-10,17,23H,11-15H2,1H3,(H,22,25). The van der Waals surface area contributed by atoms with Gasteiger partial charge in [0.15, 0.2) is 0 Å². The quantitative estimate of drug-likeness (QED) is 0.734. The summed E-state index contributed by atoms with van der Waals surface area (Å²) in [7, 11) is -3.50. The van der Waals surface area contributed by atoms with Crippen molar-refractivity contribution in [1.29, 1.82) is 0 Å². The molecule has 1 aliphatic heterocycles. The van der Waals surface area contributed by atoms with Crippen LogP contribution in [0, 0.1) is 5.92 Å². The van der Waals surface area contributed by atoms with Crippen molar-refractivity contribution in [2.45, 2.75) is 19.3 Å². The molecular weight excluding hydrogens is 390 g/mol. The molecule has 8 heteroatoms. The molecule has 2 amide bonds. The number of hydrogen-bond donors (Lipinski definition) is 2. The van der Waals surface area contributed by atoms with Gasteiger partial charge in [0.25, 0.3) is 0 Å². The zero-order valence-electron chi connectivity index (χ0n) is 16.3. The highest BCUT2D eigenvalue weighted by Gasteiger charge is 2.27. The van der Waals surface area contributed by atoms with Crippen molar-refractivity contribution in [2.75, 3.05) is 29.4 Å². The fourth-order valence-electron chi connectivity index (χ4n) is 3.49. The Bertz CT molecular complexity index is 968. The number of nitrogens with zero attached hydrogens (tertiary/aromatic N) is 1. The Morgan fingerprint density at radius 1 is 0.966 bits per heavy atom. The van der Waals surface area contributed by atoms with Gasteiger partial charge in [0.05, 0.1) is 17.6 Å². The number of rotatable bonds is 5. The molecule has 29 heavy (non-hydrogen) atoms. The monoisotopic (exact) mass is 415 g/mol. The molecule has 0 atom stereocenters.